The van der Waals surface area contributed by atoms with E-state index in [0.717, 1.165) is 27.6 Å². The van der Waals surface area contributed by atoms with Crippen LogP contribution in [0.4, 0.5) is 10.1 Å². The van der Waals surface area contributed by atoms with Crippen LogP contribution in [0.5, 0.6) is 0 Å². The number of carbonyl (C=O) groups is 1. The molecule has 1 atom stereocenters. The number of benzene rings is 3. The minimum atomic E-state index is -4.09. The number of hydrogen-bond acceptors (Lipinski definition) is 3. The molecule has 3 aromatic rings. The molecule has 1 aliphatic heterocycles. The van der Waals surface area contributed by atoms with Crippen molar-refractivity contribution >= 4 is 44.8 Å². The number of anilines is 1. The van der Waals surface area contributed by atoms with E-state index in [0.29, 0.717) is 0 Å². The number of sulfonamides is 1. The van der Waals surface area contributed by atoms with Gasteiger partial charge in [0.1, 0.15) is 11.9 Å². The van der Waals surface area contributed by atoms with Crippen molar-refractivity contribution in [3.8, 4) is 0 Å². The molecule has 0 aliphatic carbocycles. The first kappa shape index (κ1) is 21.8. The van der Waals surface area contributed by atoms with Crippen LogP contribution in [0.25, 0.3) is 0 Å². The van der Waals surface area contributed by atoms with Gasteiger partial charge in [0.15, 0.2) is 0 Å². The normalized spacial score (nSPS) is 16.5. The van der Waals surface area contributed by atoms with E-state index in [1.165, 1.54) is 12.1 Å². The Hall–Kier alpha value is -2.45. The fourth-order valence-corrected chi connectivity index (χ4v) is 5.60. The summed E-state index contributed by atoms with van der Waals surface area (Å²) in [5.41, 5.74) is 1.89. The number of amides is 1. The number of para-hydroxylation sites is 1. The van der Waals surface area contributed by atoms with Crippen molar-refractivity contribution in [2.24, 2.45) is 0 Å². The third-order valence-electron chi connectivity index (χ3n) is 5.14. The lowest BCUT2D eigenvalue weighted by Gasteiger charge is -2.35. The largest absolute Gasteiger partial charge is 0.322 e. The Labute approximate surface area is 189 Å². The van der Waals surface area contributed by atoms with Gasteiger partial charge in [-0.15, -0.1) is 0 Å². The highest BCUT2D eigenvalue weighted by molar-refractivity contribution is 7.89. The SMILES string of the molecule is O=C(Nc1c(Cl)cccc1Cl)[C@H]1Cc2ccccc2CN1S(=O)(=O)c1ccc(F)cc1. The van der Waals surface area contributed by atoms with Crippen LogP contribution < -0.4 is 5.32 Å². The first-order valence-corrected chi connectivity index (χ1v) is 11.6. The lowest BCUT2D eigenvalue weighted by atomic mass is 9.95. The first-order chi connectivity index (χ1) is 14.8. The van der Waals surface area contributed by atoms with Crippen molar-refractivity contribution in [1.29, 1.82) is 0 Å². The second-order valence-electron chi connectivity index (χ2n) is 7.08. The highest BCUT2D eigenvalue weighted by Gasteiger charge is 2.39. The van der Waals surface area contributed by atoms with Crippen molar-refractivity contribution in [3.63, 3.8) is 0 Å². The maximum absolute atomic E-state index is 13.4. The van der Waals surface area contributed by atoms with Gasteiger partial charge in [-0.3, -0.25) is 4.79 Å². The van der Waals surface area contributed by atoms with Crippen LogP contribution in [-0.2, 0) is 27.8 Å². The van der Waals surface area contributed by atoms with Crippen LogP contribution >= 0.6 is 23.2 Å². The number of rotatable bonds is 4. The quantitative estimate of drug-likeness (QED) is 0.580. The predicted molar refractivity (Wildman–Crippen MR) is 118 cm³/mol. The number of halogens is 3. The molecule has 5 nitrogen and oxygen atoms in total. The Morgan fingerprint density at radius 2 is 1.55 bits per heavy atom. The van der Waals surface area contributed by atoms with Crippen LogP contribution in [0.3, 0.4) is 0 Å². The first-order valence-electron chi connectivity index (χ1n) is 9.36. The number of fused-ring (bicyclic) bond motifs is 1. The van der Waals surface area contributed by atoms with E-state index >= 15 is 0 Å². The summed E-state index contributed by atoms with van der Waals surface area (Å²) in [4.78, 5) is 13.1. The molecule has 0 radical (unpaired) electrons. The van der Waals surface area contributed by atoms with Crippen molar-refractivity contribution < 1.29 is 17.6 Å². The van der Waals surface area contributed by atoms with Gasteiger partial charge < -0.3 is 5.32 Å². The van der Waals surface area contributed by atoms with E-state index in [1.807, 2.05) is 24.3 Å². The summed E-state index contributed by atoms with van der Waals surface area (Å²) in [6.07, 6.45) is 0.171. The molecule has 4 rings (SSSR count). The smallest absolute Gasteiger partial charge is 0.244 e. The molecule has 0 bridgehead atoms. The lowest BCUT2D eigenvalue weighted by Crippen LogP contribution is -2.50. The number of hydrogen-bond donors (Lipinski definition) is 1. The molecule has 1 N–H and O–H groups in total. The highest BCUT2D eigenvalue weighted by atomic mass is 35.5. The zero-order valence-corrected chi connectivity index (χ0v) is 18.4. The minimum Gasteiger partial charge on any atom is -0.322 e. The molecule has 0 fully saturated rings. The van der Waals surface area contributed by atoms with Gasteiger partial charge in [-0.05, 0) is 53.9 Å². The fourth-order valence-electron chi connectivity index (χ4n) is 3.54. The van der Waals surface area contributed by atoms with Crippen LogP contribution in [-0.4, -0.2) is 24.7 Å². The number of carbonyl (C=O) groups excluding carboxylic acids is 1. The summed E-state index contributed by atoms with van der Waals surface area (Å²) >= 11 is 12.3. The molecule has 160 valence electrons. The van der Waals surface area contributed by atoms with Gasteiger partial charge in [0.25, 0.3) is 0 Å². The molecular weight excluding hydrogens is 462 g/mol. The summed E-state index contributed by atoms with van der Waals surface area (Å²) in [6, 6.07) is 15.6. The molecule has 0 spiro atoms. The summed E-state index contributed by atoms with van der Waals surface area (Å²) in [5, 5.41) is 3.15. The topological polar surface area (TPSA) is 66.5 Å². The number of nitrogens with zero attached hydrogens (tertiary/aromatic N) is 1. The minimum absolute atomic E-state index is 0.00419. The standard InChI is InChI=1S/C22H17Cl2FN2O3S/c23-18-6-3-7-19(24)21(18)26-22(28)20-12-14-4-1-2-5-15(14)13-27(20)31(29,30)17-10-8-16(25)9-11-17/h1-11,20H,12-13H2,(H,26,28)/t20-/m1/s1. The van der Waals surface area contributed by atoms with Crippen molar-refractivity contribution in [1.82, 2.24) is 4.31 Å². The summed E-state index contributed by atoms with van der Waals surface area (Å²) < 4.78 is 41.2. The number of nitrogens with one attached hydrogen (secondary N) is 1. The van der Waals surface area contributed by atoms with Crippen molar-refractivity contribution in [2.75, 3.05) is 5.32 Å². The average Bonchev–Trinajstić information content (AvgIpc) is 2.75. The maximum Gasteiger partial charge on any atom is 0.244 e. The third kappa shape index (κ3) is 4.32. The molecule has 31 heavy (non-hydrogen) atoms. The molecule has 0 unspecified atom stereocenters. The summed E-state index contributed by atoms with van der Waals surface area (Å²) in [5.74, 6) is -1.11. The average molecular weight is 479 g/mol. The third-order valence-corrected chi connectivity index (χ3v) is 7.64. The van der Waals surface area contributed by atoms with E-state index in [1.54, 1.807) is 18.2 Å². The van der Waals surface area contributed by atoms with Gasteiger partial charge in [0, 0.05) is 6.54 Å². The van der Waals surface area contributed by atoms with Gasteiger partial charge >= 0.3 is 0 Å². The van der Waals surface area contributed by atoms with E-state index in [2.05, 4.69) is 5.32 Å². The molecular formula is C22H17Cl2FN2O3S. The second kappa shape index (κ2) is 8.59. The zero-order valence-electron chi connectivity index (χ0n) is 16.1. The van der Waals surface area contributed by atoms with Gasteiger partial charge in [-0.2, -0.15) is 4.31 Å². The maximum atomic E-state index is 13.4. The van der Waals surface area contributed by atoms with E-state index in [-0.39, 0.29) is 33.6 Å². The van der Waals surface area contributed by atoms with E-state index in [9.17, 15) is 17.6 Å². The summed E-state index contributed by atoms with van der Waals surface area (Å²) in [6.45, 7) is 0.00419. The Bertz CT molecular complexity index is 1230. The van der Waals surface area contributed by atoms with Crippen molar-refractivity contribution in [3.05, 3.63) is 93.7 Å². The Morgan fingerprint density at radius 1 is 0.935 bits per heavy atom. The lowest BCUT2D eigenvalue weighted by molar-refractivity contribution is -0.120. The van der Waals surface area contributed by atoms with Gasteiger partial charge in [-0.25, -0.2) is 12.8 Å². The highest BCUT2D eigenvalue weighted by Crippen LogP contribution is 2.33. The van der Waals surface area contributed by atoms with E-state index < -0.39 is 27.8 Å². The molecule has 1 aliphatic rings. The van der Waals surface area contributed by atoms with Crippen LogP contribution in [0, 0.1) is 5.82 Å². The molecule has 1 amide bonds. The second-order valence-corrected chi connectivity index (χ2v) is 9.78. The predicted octanol–water partition coefficient (Wildman–Crippen LogP) is 4.89. The Morgan fingerprint density at radius 3 is 2.19 bits per heavy atom. The molecule has 0 saturated carbocycles. The van der Waals surface area contributed by atoms with Gasteiger partial charge in [-0.1, -0.05) is 53.5 Å². The van der Waals surface area contributed by atoms with Crippen LogP contribution in [0.2, 0.25) is 10.0 Å². The Kier molecular flexibility index (Phi) is 6.03. The van der Waals surface area contributed by atoms with E-state index in [4.69, 9.17) is 23.2 Å². The summed E-state index contributed by atoms with van der Waals surface area (Å²) in [7, 11) is -4.09. The van der Waals surface area contributed by atoms with Crippen LogP contribution in [0.1, 0.15) is 11.1 Å². The van der Waals surface area contributed by atoms with Gasteiger partial charge in [0.2, 0.25) is 15.9 Å². The molecule has 0 saturated heterocycles. The van der Waals surface area contributed by atoms with Crippen molar-refractivity contribution in [2.45, 2.75) is 23.9 Å². The zero-order chi connectivity index (χ0) is 22.2. The monoisotopic (exact) mass is 478 g/mol. The molecule has 0 aromatic heterocycles. The molecule has 1 heterocycles. The molecule has 3 aromatic carbocycles. The molecule has 9 heteroatoms. The Balaban J connectivity index is 1.74. The fraction of sp³-hybridized carbons (Fsp3) is 0.136. The van der Waals surface area contributed by atoms with Crippen LogP contribution in [0.15, 0.2) is 71.6 Å². The van der Waals surface area contributed by atoms with Gasteiger partial charge in [0.05, 0.1) is 20.6 Å².